The average molecular weight is 212 g/mol. The van der Waals surface area contributed by atoms with Gasteiger partial charge in [0, 0.05) is 24.7 Å². The Balaban J connectivity index is 2.98. The van der Waals surface area contributed by atoms with Crippen molar-refractivity contribution < 1.29 is 0 Å². The summed E-state index contributed by atoms with van der Waals surface area (Å²) in [7, 11) is 0. The fraction of sp³-hybridized carbons (Fsp3) is 0.500. The Morgan fingerprint density at radius 2 is 1.86 bits per heavy atom. The van der Waals surface area contributed by atoms with E-state index in [0.29, 0.717) is 5.88 Å². The summed E-state index contributed by atoms with van der Waals surface area (Å²) >= 11 is 5.78. The molecule has 0 amide bonds. The van der Waals surface area contributed by atoms with Crippen molar-refractivity contribution in [2.75, 3.05) is 18.0 Å². The lowest BCUT2D eigenvalue weighted by Crippen LogP contribution is -2.22. The maximum Gasteiger partial charge on any atom is 0.0474 e. The summed E-state index contributed by atoms with van der Waals surface area (Å²) < 4.78 is 0. The van der Waals surface area contributed by atoms with Gasteiger partial charge in [-0.2, -0.15) is 0 Å². The van der Waals surface area contributed by atoms with Gasteiger partial charge in [0.15, 0.2) is 0 Å². The standard InChI is InChI=1S/C12H18ClN/c1-4-14(5-2)12-7-6-11(9-13)8-10(12)3/h6-8H,4-5,9H2,1-3H3. The first-order valence-electron chi connectivity index (χ1n) is 5.13. The van der Waals surface area contributed by atoms with Crippen LogP contribution in [0.25, 0.3) is 0 Å². The minimum atomic E-state index is 0.597. The lowest BCUT2D eigenvalue weighted by atomic mass is 10.1. The van der Waals surface area contributed by atoms with Crippen LogP contribution in [0.15, 0.2) is 18.2 Å². The summed E-state index contributed by atoms with van der Waals surface area (Å²) in [6.07, 6.45) is 0. The highest BCUT2D eigenvalue weighted by atomic mass is 35.5. The zero-order valence-corrected chi connectivity index (χ0v) is 9.93. The monoisotopic (exact) mass is 211 g/mol. The number of benzene rings is 1. The maximum atomic E-state index is 5.78. The SMILES string of the molecule is CCN(CC)c1ccc(CCl)cc1C. The lowest BCUT2D eigenvalue weighted by molar-refractivity contribution is 0.861. The van der Waals surface area contributed by atoms with Crippen molar-refractivity contribution in [3.63, 3.8) is 0 Å². The van der Waals surface area contributed by atoms with Crippen molar-refractivity contribution in [1.29, 1.82) is 0 Å². The summed E-state index contributed by atoms with van der Waals surface area (Å²) in [5.74, 6) is 0.597. The minimum Gasteiger partial charge on any atom is -0.372 e. The zero-order chi connectivity index (χ0) is 10.6. The molecule has 0 bridgehead atoms. The molecule has 14 heavy (non-hydrogen) atoms. The smallest absolute Gasteiger partial charge is 0.0474 e. The number of hydrogen-bond donors (Lipinski definition) is 0. The van der Waals surface area contributed by atoms with Crippen molar-refractivity contribution in [3.05, 3.63) is 29.3 Å². The molecule has 1 nitrogen and oxygen atoms in total. The lowest BCUT2D eigenvalue weighted by Gasteiger charge is -2.23. The van der Waals surface area contributed by atoms with Crippen LogP contribution < -0.4 is 4.90 Å². The molecule has 1 aromatic rings. The molecule has 0 atom stereocenters. The van der Waals surface area contributed by atoms with Crippen LogP contribution in [0.1, 0.15) is 25.0 Å². The van der Waals surface area contributed by atoms with E-state index in [1.807, 2.05) is 0 Å². The summed E-state index contributed by atoms with van der Waals surface area (Å²) in [4.78, 5) is 2.35. The van der Waals surface area contributed by atoms with E-state index in [0.717, 1.165) is 13.1 Å². The fourth-order valence-electron chi connectivity index (χ4n) is 1.72. The van der Waals surface area contributed by atoms with Crippen molar-refractivity contribution in [3.8, 4) is 0 Å². The number of alkyl halides is 1. The fourth-order valence-corrected chi connectivity index (χ4v) is 1.89. The van der Waals surface area contributed by atoms with Crippen LogP contribution in [0.5, 0.6) is 0 Å². The zero-order valence-electron chi connectivity index (χ0n) is 9.18. The third-order valence-corrected chi connectivity index (χ3v) is 2.83. The van der Waals surface area contributed by atoms with Crippen LogP contribution in [0.2, 0.25) is 0 Å². The van der Waals surface area contributed by atoms with Crippen molar-refractivity contribution in [1.82, 2.24) is 0 Å². The van der Waals surface area contributed by atoms with E-state index in [1.165, 1.54) is 16.8 Å². The minimum absolute atomic E-state index is 0.597. The highest BCUT2D eigenvalue weighted by molar-refractivity contribution is 6.17. The molecule has 0 aliphatic carbocycles. The Labute approximate surface area is 91.7 Å². The molecule has 0 fully saturated rings. The van der Waals surface area contributed by atoms with Gasteiger partial charge in [-0.1, -0.05) is 12.1 Å². The number of halogens is 1. The molecule has 2 heteroatoms. The second-order valence-electron chi connectivity index (χ2n) is 3.43. The highest BCUT2D eigenvalue weighted by Crippen LogP contribution is 2.21. The summed E-state index contributed by atoms with van der Waals surface area (Å²) in [6, 6.07) is 6.44. The van der Waals surface area contributed by atoms with Crippen LogP contribution in [0.3, 0.4) is 0 Å². The van der Waals surface area contributed by atoms with E-state index in [2.05, 4.69) is 43.9 Å². The van der Waals surface area contributed by atoms with Crippen molar-refractivity contribution in [2.24, 2.45) is 0 Å². The van der Waals surface area contributed by atoms with Gasteiger partial charge in [-0.05, 0) is 38.0 Å². The molecule has 0 aromatic heterocycles. The van der Waals surface area contributed by atoms with Gasteiger partial charge in [-0.25, -0.2) is 0 Å². The third-order valence-electron chi connectivity index (χ3n) is 2.52. The van der Waals surface area contributed by atoms with Gasteiger partial charge >= 0.3 is 0 Å². The van der Waals surface area contributed by atoms with E-state index in [-0.39, 0.29) is 0 Å². The van der Waals surface area contributed by atoms with Gasteiger partial charge < -0.3 is 4.90 Å². The average Bonchev–Trinajstić information content (AvgIpc) is 2.22. The van der Waals surface area contributed by atoms with E-state index >= 15 is 0 Å². The molecule has 0 aliphatic rings. The van der Waals surface area contributed by atoms with E-state index in [1.54, 1.807) is 0 Å². The van der Waals surface area contributed by atoms with Crippen LogP contribution in [0.4, 0.5) is 5.69 Å². The molecular weight excluding hydrogens is 194 g/mol. The molecule has 0 heterocycles. The normalized spacial score (nSPS) is 10.3. The molecule has 0 radical (unpaired) electrons. The van der Waals surface area contributed by atoms with Crippen LogP contribution >= 0.6 is 11.6 Å². The Morgan fingerprint density at radius 3 is 2.29 bits per heavy atom. The maximum absolute atomic E-state index is 5.78. The predicted octanol–water partition coefficient (Wildman–Crippen LogP) is 3.58. The Hall–Kier alpha value is -0.690. The molecule has 78 valence electrons. The summed E-state index contributed by atoms with van der Waals surface area (Å²) in [6.45, 7) is 8.61. The van der Waals surface area contributed by atoms with E-state index in [4.69, 9.17) is 11.6 Å². The number of rotatable bonds is 4. The van der Waals surface area contributed by atoms with Gasteiger partial charge in [0.1, 0.15) is 0 Å². The van der Waals surface area contributed by atoms with E-state index in [9.17, 15) is 0 Å². The van der Waals surface area contributed by atoms with Gasteiger partial charge in [-0.3, -0.25) is 0 Å². The van der Waals surface area contributed by atoms with Gasteiger partial charge in [0.2, 0.25) is 0 Å². The van der Waals surface area contributed by atoms with Gasteiger partial charge in [-0.15, -0.1) is 11.6 Å². The Bertz CT molecular complexity index is 292. The predicted molar refractivity (Wildman–Crippen MR) is 64.3 cm³/mol. The second-order valence-corrected chi connectivity index (χ2v) is 3.69. The quantitative estimate of drug-likeness (QED) is 0.689. The first-order chi connectivity index (χ1) is 6.72. The molecule has 0 N–H and O–H groups in total. The number of anilines is 1. The molecule has 0 saturated heterocycles. The molecular formula is C12H18ClN. The Morgan fingerprint density at radius 1 is 1.21 bits per heavy atom. The molecule has 1 rings (SSSR count). The third kappa shape index (κ3) is 2.42. The van der Waals surface area contributed by atoms with Crippen LogP contribution in [-0.2, 0) is 5.88 Å². The Kier molecular flexibility index (Phi) is 4.27. The second kappa shape index (κ2) is 5.26. The van der Waals surface area contributed by atoms with E-state index < -0.39 is 0 Å². The van der Waals surface area contributed by atoms with Gasteiger partial charge in [0.05, 0.1) is 0 Å². The number of hydrogen-bond acceptors (Lipinski definition) is 1. The largest absolute Gasteiger partial charge is 0.372 e. The highest BCUT2D eigenvalue weighted by Gasteiger charge is 2.05. The van der Waals surface area contributed by atoms with Crippen LogP contribution in [0, 0.1) is 6.92 Å². The molecule has 0 saturated carbocycles. The topological polar surface area (TPSA) is 3.24 Å². The summed E-state index contributed by atoms with van der Waals surface area (Å²) in [5, 5.41) is 0. The first kappa shape index (κ1) is 11.4. The molecule has 1 aromatic carbocycles. The van der Waals surface area contributed by atoms with Crippen LogP contribution in [-0.4, -0.2) is 13.1 Å². The van der Waals surface area contributed by atoms with Gasteiger partial charge in [0.25, 0.3) is 0 Å². The molecule has 0 spiro atoms. The van der Waals surface area contributed by atoms with Crippen molar-refractivity contribution in [2.45, 2.75) is 26.7 Å². The first-order valence-corrected chi connectivity index (χ1v) is 5.66. The number of aryl methyl sites for hydroxylation is 1. The molecule has 0 aliphatic heterocycles. The molecule has 0 unspecified atom stereocenters. The summed E-state index contributed by atoms with van der Waals surface area (Å²) in [5.41, 5.74) is 3.83. The number of nitrogens with zero attached hydrogens (tertiary/aromatic N) is 1. The van der Waals surface area contributed by atoms with Crippen molar-refractivity contribution >= 4 is 17.3 Å².